The van der Waals surface area contributed by atoms with Gasteiger partial charge in [0.05, 0.1) is 12.8 Å². The highest BCUT2D eigenvalue weighted by Crippen LogP contribution is 2.12. The van der Waals surface area contributed by atoms with Crippen molar-refractivity contribution in [1.82, 2.24) is 25.5 Å². The van der Waals surface area contributed by atoms with Gasteiger partial charge in [-0.3, -0.25) is 4.79 Å². The Labute approximate surface area is 122 Å². The van der Waals surface area contributed by atoms with Crippen molar-refractivity contribution in [2.45, 2.75) is 32.9 Å². The van der Waals surface area contributed by atoms with Crippen LogP contribution in [-0.2, 0) is 6.54 Å². The molecule has 0 radical (unpaired) electrons. The molecule has 0 aliphatic heterocycles. The van der Waals surface area contributed by atoms with E-state index in [1.807, 2.05) is 0 Å². The first-order valence-corrected chi connectivity index (χ1v) is 6.61. The topological polar surface area (TPSA) is 92.8 Å². The average Bonchev–Trinajstić information content (AvgIpc) is 2.44. The second-order valence-corrected chi connectivity index (χ2v) is 5.65. The zero-order chi connectivity index (χ0) is 15.5. The minimum absolute atomic E-state index is 0.0512. The molecule has 0 aliphatic carbocycles. The summed E-state index contributed by atoms with van der Waals surface area (Å²) in [6, 6.07) is 4.84. The standard InChI is InChI=1S/C14H19N5O2/c1-14(2,3)15-8-9-7-11(20)17-13(16-9)10-5-6-12(21-4)19-18-10/h5-7,15H,8H2,1-4H3,(H,16,17,20). The van der Waals surface area contributed by atoms with Crippen LogP contribution >= 0.6 is 0 Å². The SMILES string of the molecule is COc1ccc(-c2nc(CNC(C)(C)C)cc(=O)[nH]2)nn1. The maximum absolute atomic E-state index is 11.7. The first-order valence-electron chi connectivity index (χ1n) is 6.61. The Hall–Kier alpha value is -2.28. The van der Waals surface area contributed by atoms with Crippen LogP contribution in [0.2, 0.25) is 0 Å². The zero-order valence-electron chi connectivity index (χ0n) is 12.6. The minimum Gasteiger partial charge on any atom is -0.480 e. The van der Waals surface area contributed by atoms with Gasteiger partial charge in [-0.25, -0.2) is 4.98 Å². The predicted octanol–water partition coefficient (Wildman–Crippen LogP) is 1.12. The number of methoxy groups -OCH3 is 1. The summed E-state index contributed by atoms with van der Waals surface area (Å²) in [5.41, 5.74) is 0.875. The van der Waals surface area contributed by atoms with Crippen molar-refractivity contribution < 1.29 is 4.74 Å². The fourth-order valence-electron chi connectivity index (χ4n) is 1.63. The monoisotopic (exact) mass is 289 g/mol. The third-order valence-corrected chi connectivity index (χ3v) is 2.69. The molecule has 0 aliphatic rings. The van der Waals surface area contributed by atoms with Crippen LogP contribution in [0.3, 0.4) is 0 Å². The Morgan fingerprint density at radius 2 is 2.05 bits per heavy atom. The van der Waals surface area contributed by atoms with Gasteiger partial charge in [-0.15, -0.1) is 10.2 Å². The summed E-state index contributed by atoms with van der Waals surface area (Å²) < 4.78 is 4.95. The van der Waals surface area contributed by atoms with Crippen molar-refractivity contribution in [2.24, 2.45) is 0 Å². The lowest BCUT2D eigenvalue weighted by Crippen LogP contribution is -2.35. The Balaban J connectivity index is 2.27. The summed E-state index contributed by atoms with van der Waals surface area (Å²) in [6.07, 6.45) is 0. The number of aromatic nitrogens is 4. The van der Waals surface area contributed by atoms with E-state index < -0.39 is 0 Å². The van der Waals surface area contributed by atoms with Crippen molar-refractivity contribution in [1.29, 1.82) is 0 Å². The van der Waals surface area contributed by atoms with Gasteiger partial charge in [-0.05, 0) is 26.8 Å². The summed E-state index contributed by atoms with van der Waals surface area (Å²) in [5.74, 6) is 0.801. The van der Waals surface area contributed by atoms with Crippen molar-refractivity contribution >= 4 is 0 Å². The van der Waals surface area contributed by atoms with E-state index in [9.17, 15) is 4.79 Å². The minimum atomic E-state index is -0.219. The molecule has 0 atom stereocenters. The first-order chi connectivity index (χ1) is 9.87. The van der Waals surface area contributed by atoms with E-state index in [-0.39, 0.29) is 11.1 Å². The fraction of sp³-hybridized carbons (Fsp3) is 0.429. The van der Waals surface area contributed by atoms with Crippen molar-refractivity contribution in [3.8, 4) is 17.4 Å². The number of aromatic amines is 1. The molecule has 2 N–H and O–H groups in total. The second-order valence-electron chi connectivity index (χ2n) is 5.65. The summed E-state index contributed by atoms with van der Waals surface area (Å²) >= 11 is 0. The van der Waals surface area contributed by atoms with Crippen molar-refractivity contribution in [2.75, 3.05) is 7.11 Å². The van der Waals surface area contributed by atoms with Crippen LogP contribution in [0.25, 0.3) is 11.5 Å². The summed E-state index contributed by atoms with van der Waals surface area (Å²) in [6.45, 7) is 6.66. The van der Waals surface area contributed by atoms with E-state index in [2.05, 4.69) is 46.3 Å². The molecule has 2 aromatic heterocycles. The molecule has 0 unspecified atom stereocenters. The number of hydrogen-bond donors (Lipinski definition) is 2. The molecule has 2 aromatic rings. The maximum atomic E-state index is 11.7. The van der Waals surface area contributed by atoms with Gasteiger partial charge < -0.3 is 15.0 Å². The number of nitrogens with one attached hydrogen (secondary N) is 2. The van der Waals surface area contributed by atoms with Crippen LogP contribution in [0.4, 0.5) is 0 Å². The second kappa shape index (κ2) is 6.01. The normalized spacial score (nSPS) is 11.4. The van der Waals surface area contributed by atoms with Gasteiger partial charge in [-0.2, -0.15) is 0 Å². The molecular formula is C14H19N5O2. The van der Waals surface area contributed by atoms with Gasteiger partial charge in [0.2, 0.25) is 5.88 Å². The largest absolute Gasteiger partial charge is 0.480 e. The molecule has 0 saturated carbocycles. The fourth-order valence-corrected chi connectivity index (χ4v) is 1.63. The number of H-pyrrole nitrogens is 1. The number of ether oxygens (including phenoxy) is 1. The molecule has 0 bridgehead atoms. The van der Waals surface area contributed by atoms with Crippen molar-refractivity contribution in [3.63, 3.8) is 0 Å². The molecule has 7 nitrogen and oxygen atoms in total. The molecule has 0 saturated heterocycles. The Bertz CT molecular complexity index is 658. The van der Waals surface area contributed by atoms with Gasteiger partial charge >= 0.3 is 0 Å². The van der Waals surface area contributed by atoms with E-state index in [0.717, 1.165) is 0 Å². The van der Waals surface area contributed by atoms with Crippen LogP contribution in [0.1, 0.15) is 26.5 Å². The molecule has 21 heavy (non-hydrogen) atoms. The molecule has 0 fully saturated rings. The maximum Gasteiger partial charge on any atom is 0.251 e. The molecule has 0 aromatic carbocycles. The first kappa shape index (κ1) is 15.1. The molecular weight excluding hydrogens is 270 g/mol. The lowest BCUT2D eigenvalue weighted by atomic mass is 10.1. The lowest BCUT2D eigenvalue weighted by Gasteiger charge is -2.20. The third kappa shape index (κ3) is 4.35. The third-order valence-electron chi connectivity index (χ3n) is 2.69. The molecule has 0 amide bonds. The lowest BCUT2D eigenvalue weighted by molar-refractivity contribution is 0.392. The number of nitrogens with zero attached hydrogens (tertiary/aromatic N) is 3. The Morgan fingerprint density at radius 3 is 2.62 bits per heavy atom. The zero-order valence-corrected chi connectivity index (χ0v) is 12.6. The van der Waals surface area contributed by atoms with Crippen LogP contribution in [0, 0.1) is 0 Å². The van der Waals surface area contributed by atoms with Gasteiger partial charge in [-0.1, -0.05) is 0 Å². The Morgan fingerprint density at radius 1 is 1.29 bits per heavy atom. The average molecular weight is 289 g/mol. The van der Waals surface area contributed by atoms with Gasteiger partial charge in [0.25, 0.3) is 5.56 Å². The van der Waals surface area contributed by atoms with E-state index in [1.54, 1.807) is 12.1 Å². The van der Waals surface area contributed by atoms with Crippen molar-refractivity contribution in [3.05, 3.63) is 34.2 Å². The molecule has 2 heterocycles. The summed E-state index contributed by atoms with van der Waals surface area (Å²) in [7, 11) is 1.52. The molecule has 112 valence electrons. The van der Waals surface area contributed by atoms with E-state index in [0.29, 0.717) is 29.6 Å². The highest BCUT2D eigenvalue weighted by atomic mass is 16.5. The van der Waals surface area contributed by atoms with Gasteiger partial charge in [0.15, 0.2) is 5.82 Å². The highest BCUT2D eigenvalue weighted by molar-refractivity contribution is 5.48. The van der Waals surface area contributed by atoms with Gasteiger partial charge in [0.1, 0.15) is 5.69 Å². The van der Waals surface area contributed by atoms with Crippen LogP contribution in [-0.4, -0.2) is 32.8 Å². The smallest absolute Gasteiger partial charge is 0.251 e. The number of hydrogen-bond acceptors (Lipinski definition) is 6. The van der Waals surface area contributed by atoms with Crippen LogP contribution in [0.15, 0.2) is 23.0 Å². The molecule has 7 heteroatoms. The summed E-state index contributed by atoms with van der Waals surface area (Å²) in [4.78, 5) is 18.8. The highest BCUT2D eigenvalue weighted by Gasteiger charge is 2.11. The quantitative estimate of drug-likeness (QED) is 0.876. The van der Waals surface area contributed by atoms with Gasteiger partial charge in [0, 0.05) is 24.2 Å². The number of rotatable bonds is 4. The van der Waals surface area contributed by atoms with E-state index >= 15 is 0 Å². The van der Waals surface area contributed by atoms with E-state index in [1.165, 1.54) is 13.2 Å². The summed E-state index contributed by atoms with van der Waals surface area (Å²) in [5, 5.41) is 11.1. The molecule has 2 rings (SSSR count). The van der Waals surface area contributed by atoms with Crippen LogP contribution < -0.4 is 15.6 Å². The predicted molar refractivity (Wildman–Crippen MR) is 79.0 cm³/mol. The van der Waals surface area contributed by atoms with E-state index in [4.69, 9.17) is 4.74 Å². The van der Waals surface area contributed by atoms with Crippen LogP contribution in [0.5, 0.6) is 5.88 Å². The Kier molecular flexibility index (Phi) is 4.32. The molecule has 0 spiro atoms.